The van der Waals surface area contributed by atoms with Crippen LogP contribution in [-0.4, -0.2) is 35.6 Å². The van der Waals surface area contributed by atoms with Gasteiger partial charge < -0.3 is 10.2 Å². The SMILES string of the molecule is CCN(CC)C(=O)c1ccccc1SCC(=O)Nc1ccc(C)cc1. The molecule has 0 fully saturated rings. The van der Waals surface area contributed by atoms with Crippen LogP contribution in [0.3, 0.4) is 0 Å². The lowest BCUT2D eigenvalue weighted by molar-refractivity contribution is -0.113. The number of carbonyl (C=O) groups is 2. The third-order valence-electron chi connectivity index (χ3n) is 3.86. The number of nitrogens with one attached hydrogen (secondary N) is 1. The van der Waals surface area contributed by atoms with Crippen LogP contribution in [-0.2, 0) is 4.79 Å². The van der Waals surface area contributed by atoms with Crippen molar-refractivity contribution in [2.75, 3.05) is 24.2 Å². The van der Waals surface area contributed by atoms with Gasteiger partial charge in [0.1, 0.15) is 0 Å². The van der Waals surface area contributed by atoms with E-state index < -0.39 is 0 Å². The van der Waals surface area contributed by atoms with Gasteiger partial charge in [-0.1, -0.05) is 29.8 Å². The van der Waals surface area contributed by atoms with Crippen LogP contribution in [0.2, 0.25) is 0 Å². The van der Waals surface area contributed by atoms with Crippen molar-refractivity contribution in [3.8, 4) is 0 Å². The fourth-order valence-electron chi connectivity index (χ4n) is 2.43. The Hall–Kier alpha value is -2.27. The highest BCUT2D eigenvalue weighted by molar-refractivity contribution is 8.00. The summed E-state index contributed by atoms with van der Waals surface area (Å²) in [6.45, 7) is 7.27. The van der Waals surface area contributed by atoms with E-state index in [1.807, 2.05) is 69.3 Å². The van der Waals surface area contributed by atoms with Crippen LogP contribution in [0.1, 0.15) is 29.8 Å². The zero-order valence-electron chi connectivity index (χ0n) is 14.9. The van der Waals surface area contributed by atoms with Crippen molar-refractivity contribution in [3.05, 3.63) is 59.7 Å². The summed E-state index contributed by atoms with van der Waals surface area (Å²) < 4.78 is 0. The molecule has 2 aromatic rings. The van der Waals surface area contributed by atoms with Crippen LogP contribution in [0.25, 0.3) is 0 Å². The van der Waals surface area contributed by atoms with Gasteiger partial charge in [0.15, 0.2) is 0 Å². The summed E-state index contributed by atoms with van der Waals surface area (Å²) in [5.74, 6) is 0.183. The highest BCUT2D eigenvalue weighted by atomic mass is 32.2. The minimum Gasteiger partial charge on any atom is -0.339 e. The van der Waals surface area contributed by atoms with Gasteiger partial charge in [0.05, 0.1) is 11.3 Å². The Morgan fingerprint density at radius 1 is 1.00 bits per heavy atom. The second-order valence-corrected chi connectivity index (χ2v) is 6.69. The van der Waals surface area contributed by atoms with Crippen LogP contribution in [0.4, 0.5) is 5.69 Å². The van der Waals surface area contributed by atoms with E-state index in [1.54, 1.807) is 4.90 Å². The number of carbonyl (C=O) groups excluding carboxylic acids is 2. The number of hydrogen-bond acceptors (Lipinski definition) is 3. The number of hydrogen-bond donors (Lipinski definition) is 1. The molecule has 5 heteroatoms. The molecule has 25 heavy (non-hydrogen) atoms. The first-order chi connectivity index (χ1) is 12.0. The lowest BCUT2D eigenvalue weighted by Crippen LogP contribution is -2.30. The second-order valence-electron chi connectivity index (χ2n) is 5.68. The van der Waals surface area contributed by atoms with Crippen LogP contribution in [0.5, 0.6) is 0 Å². The maximum atomic E-state index is 12.6. The zero-order chi connectivity index (χ0) is 18.2. The molecule has 0 heterocycles. The molecule has 0 spiro atoms. The van der Waals surface area contributed by atoms with E-state index in [4.69, 9.17) is 0 Å². The molecule has 0 aromatic heterocycles. The van der Waals surface area contributed by atoms with Crippen molar-refractivity contribution >= 4 is 29.3 Å². The summed E-state index contributed by atoms with van der Waals surface area (Å²) in [7, 11) is 0. The van der Waals surface area contributed by atoms with E-state index in [2.05, 4.69) is 5.32 Å². The Morgan fingerprint density at radius 3 is 2.28 bits per heavy atom. The Morgan fingerprint density at radius 2 is 1.64 bits per heavy atom. The van der Waals surface area contributed by atoms with Crippen LogP contribution in [0, 0.1) is 6.92 Å². The second kappa shape index (κ2) is 9.28. The molecule has 0 aliphatic carbocycles. The summed E-state index contributed by atoms with van der Waals surface area (Å²) in [4.78, 5) is 27.4. The molecule has 0 bridgehead atoms. The number of benzene rings is 2. The molecule has 0 saturated heterocycles. The van der Waals surface area contributed by atoms with Crippen molar-refractivity contribution in [1.82, 2.24) is 4.90 Å². The average Bonchev–Trinajstić information content (AvgIpc) is 2.63. The smallest absolute Gasteiger partial charge is 0.254 e. The molecule has 0 unspecified atom stereocenters. The number of nitrogens with zero attached hydrogens (tertiary/aromatic N) is 1. The van der Waals surface area contributed by atoms with Crippen molar-refractivity contribution in [1.29, 1.82) is 0 Å². The van der Waals surface area contributed by atoms with Gasteiger partial charge in [-0.15, -0.1) is 11.8 Å². The molecule has 0 radical (unpaired) electrons. The number of aryl methyl sites for hydroxylation is 1. The topological polar surface area (TPSA) is 49.4 Å². The highest BCUT2D eigenvalue weighted by Crippen LogP contribution is 2.24. The predicted molar refractivity (Wildman–Crippen MR) is 104 cm³/mol. The van der Waals surface area contributed by atoms with Gasteiger partial charge in [0.25, 0.3) is 5.91 Å². The Labute approximate surface area is 153 Å². The molecule has 0 aliphatic rings. The summed E-state index contributed by atoms with van der Waals surface area (Å²) in [5.41, 5.74) is 2.58. The third-order valence-corrected chi connectivity index (χ3v) is 4.94. The van der Waals surface area contributed by atoms with Gasteiger partial charge in [0, 0.05) is 23.7 Å². The lowest BCUT2D eigenvalue weighted by Gasteiger charge is -2.20. The monoisotopic (exact) mass is 356 g/mol. The van der Waals surface area contributed by atoms with Gasteiger partial charge in [-0.25, -0.2) is 0 Å². The quantitative estimate of drug-likeness (QED) is 0.756. The summed E-state index contributed by atoms with van der Waals surface area (Å²) in [5, 5.41) is 2.88. The highest BCUT2D eigenvalue weighted by Gasteiger charge is 2.17. The molecule has 4 nitrogen and oxygen atoms in total. The molecule has 2 aromatic carbocycles. The third kappa shape index (κ3) is 5.36. The first kappa shape index (κ1) is 19.1. The van der Waals surface area contributed by atoms with E-state index >= 15 is 0 Å². The van der Waals surface area contributed by atoms with E-state index in [0.29, 0.717) is 18.7 Å². The molecular weight excluding hydrogens is 332 g/mol. The fourth-order valence-corrected chi connectivity index (χ4v) is 3.27. The largest absolute Gasteiger partial charge is 0.339 e. The maximum absolute atomic E-state index is 12.6. The van der Waals surface area contributed by atoms with Crippen LogP contribution < -0.4 is 5.32 Å². The zero-order valence-corrected chi connectivity index (χ0v) is 15.7. The Balaban J connectivity index is 2.02. The molecule has 1 N–H and O–H groups in total. The summed E-state index contributed by atoms with van der Waals surface area (Å²) >= 11 is 1.38. The maximum Gasteiger partial charge on any atom is 0.254 e. The van der Waals surface area contributed by atoms with E-state index in [0.717, 1.165) is 16.1 Å². The normalized spacial score (nSPS) is 10.4. The minimum absolute atomic E-state index is 0.00652. The van der Waals surface area contributed by atoms with Gasteiger partial charge in [-0.05, 0) is 45.0 Å². The first-order valence-corrected chi connectivity index (χ1v) is 9.41. The molecule has 2 rings (SSSR count). The number of anilines is 1. The Kier molecular flexibility index (Phi) is 7.07. The van der Waals surface area contributed by atoms with Crippen molar-refractivity contribution < 1.29 is 9.59 Å². The number of amides is 2. The molecule has 0 saturated carbocycles. The standard InChI is InChI=1S/C20H24N2O2S/c1-4-22(5-2)20(24)17-8-6-7-9-18(17)25-14-19(23)21-16-12-10-15(3)11-13-16/h6-13H,4-5,14H2,1-3H3,(H,21,23). The van der Waals surface area contributed by atoms with Gasteiger partial charge in [0.2, 0.25) is 5.91 Å². The average molecular weight is 356 g/mol. The van der Waals surface area contributed by atoms with Crippen molar-refractivity contribution in [2.24, 2.45) is 0 Å². The minimum atomic E-state index is -0.0843. The predicted octanol–water partition coefficient (Wildman–Crippen LogP) is 4.21. The van der Waals surface area contributed by atoms with E-state index in [9.17, 15) is 9.59 Å². The van der Waals surface area contributed by atoms with Crippen LogP contribution >= 0.6 is 11.8 Å². The van der Waals surface area contributed by atoms with Gasteiger partial charge in [-0.2, -0.15) is 0 Å². The number of thioether (sulfide) groups is 1. The lowest BCUT2D eigenvalue weighted by atomic mass is 10.2. The van der Waals surface area contributed by atoms with E-state index in [1.165, 1.54) is 11.8 Å². The van der Waals surface area contributed by atoms with Crippen molar-refractivity contribution in [3.63, 3.8) is 0 Å². The Bertz CT molecular complexity index is 725. The molecule has 2 amide bonds. The summed E-state index contributed by atoms with van der Waals surface area (Å²) in [6, 6.07) is 15.1. The molecule has 132 valence electrons. The molecule has 0 aliphatic heterocycles. The van der Waals surface area contributed by atoms with Crippen LogP contribution in [0.15, 0.2) is 53.4 Å². The number of rotatable bonds is 7. The first-order valence-electron chi connectivity index (χ1n) is 8.42. The molecular formula is C20H24N2O2S. The summed E-state index contributed by atoms with van der Waals surface area (Å²) in [6.07, 6.45) is 0. The fraction of sp³-hybridized carbons (Fsp3) is 0.300. The van der Waals surface area contributed by atoms with Crippen molar-refractivity contribution in [2.45, 2.75) is 25.7 Å². The van der Waals surface area contributed by atoms with Gasteiger partial charge >= 0.3 is 0 Å². The van der Waals surface area contributed by atoms with Gasteiger partial charge in [-0.3, -0.25) is 9.59 Å². The molecule has 0 atom stereocenters. The van der Waals surface area contributed by atoms with E-state index in [-0.39, 0.29) is 17.6 Å².